The molecular formula is C26H31N3O8. The Bertz CT molecular complexity index is 1300. The molecule has 0 aromatic heterocycles. The van der Waals surface area contributed by atoms with Crippen molar-refractivity contribution in [3.05, 3.63) is 45.4 Å². The second-order valence-electron chi connectivity index (χ2n) is 10.2. The van der Waals surface area contributed by atoms with E-state index in [9.17, 15) is 34.8 Å². The van der Waals surface area contributed by atoms with Gasteiger partial charge in [-0.05, 0) is 50.8 Å². The number of phenolic OH excluding ortho intramolecular Hbond substituents is 1. The zero-order chi connectivity index (χ0) is 27.0. The normalized spacial score (nSPS) is 31.8. The Balaban J connectivity index is 1.68. The van der Waals surface area contributed by atoms with Gasteiger partial charge in [0.15, 0.2) is 11.4 Å². The zero-order valence-electron chi connectivity index (χ0n) is 20.7. The molecule has 8 N–H and O–H groups in total. The number of aliphatic hydroxyl groups excluding tert-OH is 2. The smallest absolute Gasteiger partial charge is 0.255 e. The fourth-order valence-corrected chi connectivity index (χ4v) is 6.83. The average Bonchev–Trinajstić information content (AvgIpc) is 3.33. The van der Waals surface area contributed by atoms with E-state index in [1.165, 1.54) is 13.2 Å². The Morgan fingerprint density at radius 1 is 1.27 bits per heavy atom. The highest BCUT2D eigenvalue weighted by atomic mass is 16.5. The third-order valence-electron chi connectivity index (χ3n) is 8.57. The molecule has 3 aliphatic carbocycles. The van der Waals surface area contributed by atoms with Gasteiger partial charge in [0, 0.05) is 28.7 Å². The molecule has 0 bridgehead atoms. The molecule has 1 fully saturated rings. The number of hydrogen-bond acceptors (Lipinski definition) is 10. The van der Waals surface area contributed by atoms with Crippen molar-refractivity contribution in [3.63, 3.8) is 0 Å². The molecule has 11 heteroatoms. The number of carbonyl (C=O) groups excluding carboxylic acids is 3. The Kier molecular flexibility index (Phi) is 5.85. The number of carbonyl (C=O) groups is 3. The topological polar surface area (TPSA) is 197 Å². The molecule has 1 heterocycles. The lowest BCUT2D eigenvalue weighted by atomic mass is 9.59. The minimum Gasteiger partial charge on any atom is -0.510 e. The summed E-state index contributed by atoms with van der Waals surface area (Å²) in [5.74, 6) is -6.80. The van der Waals surface area contributed by atoms with E-state index in [4.69, 9.17) is 16.2 Å². The van der Waals surface area contributed by atoms with E-state index in [2.05, 4.69) is 11.8 Å². The molecule has 0 unspecified atom stereocenters. The summed E-state index contributed by atoms with van der Waals surface area (Å²) in [6.07, 6.45) is 1.96. The van der Waals surface area contributed by atoms with Gasteiger partial charge in [0.05, 0.1) is 18.7 Å². The highest BCUT2D eigenvalue weighted by molar-refractivity contribution is 6.24. The lowest BCUT2D eigenvalue weighted by Gasteiger charge is -2.47. The van der Waals surface area contributed by atoms with Crippen molar-refractivity contribution < 1.29 is 39.5 Å². The van der Waals surface area contributed by atoms with Crippen LogP contribution in [-0.2, 0) is 16.0 Å². The maximum Gasteiger partial charge on any atom is 0.255 e. The molecule has 5 atom stereocenters. The second-order valence-corrected chi connectivity index (χ2v) is 10.2. The van der Waals surface area contributed by atoms with Gasteiger partial charge in [-0.2, -0.15) is 0 Å². The van der Waals surface area contributed by atoms with Crippen LogP contribution in [0, 0.1) is 11.8 Å². The number of nitrogens with zero attached hydrogens (tertiary/aromatic N) is 1. The van der Waals surface area contributed by atoms with Crippen molar-refractivity contribution >= 4 is 17.5 Å². The number of rotatable bonds is 4. The molecule has 1 aromatic rings. The monoisotopic (exact) mass is 513 g/mol. The van der Waals surface area contributed by atoms with Crippen molar-refractivity contribution in [2.24, 2.45) is 23.3 Å². The summed E-state index contributed by atoms with van der Waals surface area (Å²) in [7, 11) is 1.50. The third-order valence-corrected chi connectivity index (χ3v) is 8.57. The summed E-state index contributed by atoms with van der Waals surface area (Å²) in [5, 5.41) is 44.1. The summed E-state index contributed by atoms with van der Waals surface area (Å²) < 4.78 is 5.79. The quantitative estimate of drug-likeness (QED) is 0.311. The number of phenols is 1. The first-order valence-electron chi connectivity index (χ1n) is 12.4. The van der Waals surface area contributed by atoms with Gasteiger partial charge in [0.1, 0.15) is 28.6 Å². The minimum atomic E-state index is -2.72. The standard InChI is InChI=1S/C26H31N3O8/c1-3-29-6-4-5-14(29)11-9-15(30)17-12(22(11)37-2)7-10-8-13-19(27)21(32)18(25(28)35)24(34)26(13,36)23(33)16(10)20(17)31/h9-10,13-14,19,30,32-33,36H,3-8,27H2,1-2H3,(H2,28,35)/t10-,13-,14+,19-,26-/m1/s1. The number of primary amides is 1. The number of ether oxygens (including phenoxy) is 1. The van der Waals surface area contributed by atoms with Crippen molar-refractivity contribution in [1.82, 2.24) is 4.90 Å². The molecule has 0 radical (unpaired) electrons. The van der Waals surface area contributed by atoms with Crippen molar-refractivity contribution in [1.29, 1.82) is 0 Å². The van der Waals surface area contributed by atoms with E-state index in [1.807, 2.05) is 0 Å². The molecule has 1 aliphatic heterocycles. The lowest BCUT2D eigenvalue weighted by molar-refractivity contribution is -0.145. The van der Waals surface area contributed by atoms with Crippen LogP contribution in [0.1, 0.15) is 53.7 Å². The number of allylic oxidation sites excluding steroid dienone is 1. The lowest BCUT2D eigenvalue weighted by Crippen LogP contribution is -2.63. The maximum absolute atomic E-state index is 13.7. The number of methoxy groups -OCH3 is 1. The number of fused-ring (bicyclic) bond motifs is 3. The Hall–Kier alpha value is -3.41. The van der Waals surface area contributed by atoms with Crippen LogP contribution >= 0.6 is 0 Å². The molecule has 5 rings (SSSR count). The van der Waals surface area contributed by atoms with Crippen molar-refractivity contribution in [2.75, 3.05) is 20.2 Å². The Labute approximate surface area is 213 Å². The number of benzene rings is 1. The predicted molar refractivity (Wildman–Crippen MR) is 130 cm³/mol. The number of amides is 1. The fraction of sp³-hybridized carbons (Fsp3) is 0.500. The summed E-state index contributed by atoms with van der Waals surface area (Å²) in [5.41, 5.74) is 8.67. The van der Waals surface area contributed by atoms with Crippen molar-refractivity contribution in [3.8, 4) is 11.5 Å². The number of likely N-dealkylation sites (tertiary alicyclic amines) is 1. The first kappa shape index (κ1) is 25.2. The summed E-state index contributed by atoms with van der Waals surface area (Å²) in [6.45, 7) is 3.77. The largest absolute Gasteiger partial charge is 0.510 e. The molecule has 0 saturated carbocycles. The molecule has 4 aliphatic rings. The number of hydrogen-bond donors (Lipinski definition) is 6. The van der Waals surface area contributed by atoms with Crippen LogP contribution < -0.4 is 16.2 Å². The van der Waals surface area contributed by atoms with Crippen LogP contribution in [0.4, 0.5) is 0 Å². The number of aromatic hydroxyl groups is 1. The minimum absolute atomic E-state index is 0.00624. The van der Waals surface area contributed by atoms with Gasteiger partial charge in [-0.25, -0.2) is 0 Å². The SMILES string of the molecule is CCN1CCC[C@H]1c1cc(O)c2c(c1OC)C[C@@H]1C[C@@H]3[C@@H](N)C(O)=C(C(N)=O)C(=O)[C@]3(O)C(O)=C1C2=O. The average molecular weight is 514 g/mol. The molecule has 1 aromatic carbocycles. The number of Topliss-reactive ketones (excluding diaryl/α,β-unsaturated/α-hetero) is 2. The predicted octanol–water partition coefficient (Wildman–Crippen LogP) is 0.683. The summed E-state index contributed by atoms with van der Waals surface area (Å²) >= 11 is 0. The maximum atomic E-state index is 13.7. The number of ketones is 2. The van der Waals surface area contributed by atoms with Gasteiger partial charge >= 0.3 is 0 Å². The number of nitrogens with two attached hydrogens (primary N) is 2. The molecular weight excluding hydrogens is 482 g/mol. The van der Waals surface area contributed by atoms with Gasteiger partial charge in [-0.15, -0.1) is 0 Å². The van der Waals surface area contributed by atoms with E-state index >= 15 is 0 Å². The highest BCUT2D eigenvalue weighted by Crippen LogP contribution is 2.53. The van der Waals surface area contributed by atoms with Crippen LogP contribution in [0.2, 0.25) is 0 Å². The molecule has 1 saturated heterocycles. The Morgan fingerprint density at radius 2 is 1.97 bits per heavy atom. The van der Waals surface area contributed by atoms with Gasteiger partial charge in [0.25, 0.3) is 5.91 Å². The van der Waals surface area contributed by atoms with Crippen LogP contribution in [0.25, 0.3) is 0 Å². The van der Waals surface area contributed by atoms with Crippen LogP contribution in [0.3, 0.4) is 0 Å². The summed E-state index contributed by atoms with van der Waals surface area (Å²) in [6, 6.07) is 0.135. The first-order chi connectivity index (χ1) is 17.5. The second kappa shape index (κ2) is 8.57. The van der Waals surface area contributed by atoms with E-state index in [0.717, 1.165) is 31.5 Å². The van der Waals surface area contributed by atoms with E-state index in [-0.39, 0.29) is 35.8 Å². The number of aliphatic hydroxyl groups is 3. The van der Waals surface area contributed by atoms with Crippen LogP contribution in [0.5, 0.6) is 11.5 Å². The fourth-order valence-electron chi connectivity index (χ4n) is 6.83. The highest BCUT2D eigenvalue weighted by Gasteiger charge is 2.62. The molecule has 1 amide bonds. The molecule has 11 nitrogen and oxygen atoms in total. The van der Waals surface area contributed by atoms with Gasteiger partial charge < -0.3 is 36.6 Å². The van der Waals surface area contributed by atoms with E-state index < -0.39 is 58.0 Å². The van der Waals surface area contributed by atoms with Gasteiger partial charge in [-0.1, -0.05) is 6.92 Å². The Morgan fingerprint density at radius 3 is 2.59 bits per heavy atom. The first-order valence-corrected chi connectivity index (χ1v) is 12.4. The third kappa shape index (κ3) is 3.27. The van der Waals surface area contributed by atoms with E-state index in [1.54, 1.807) is 0 Å². The molecule has 0 spiro atoms. The summed E-state index contributed by atoms with van der Waals surface area (Å²) in [4.78, 5) is 41.0. The van der Waals surface area contributed by atoms with Gasteiger partial charge in [-0.3, -0.25) is 19.3 Å². The van der Waals surface area contributed by atoms with Crippen LogP contribution in [-0.4, -0.2) is 74.6 Å². The van der Waals surface area contributed by atoms with E-state index in [0.29, 0.717) is 11.3 Å². The van der Waals surface area contributed by atoms with Crippen molar-refractivity contribution in [2.45, 2.75) is 50.3 Å². The zero-order valence-corrected chi connectivity index (χ0v) is 20.7. The molecule has 37 heavy (non-hydrogen) atoms. The molecule has 198 valence electrons. The van der Waals surface area contributed by atoms with Gasteiger partial charge in [0.2, 0.25) is 5.78 Å². The van der Waals surface area contributed by atoms with Crippen LogP contribution in [0.15, 0.2) is 28.7 Å².